The van der Waals surface area contributed by atoms with Crippen LogP contribution < -0.4 is 5.32 Å². The summed E-state index contributed by atoms with van der Waals surface area (Å²) in [5, 5.41) is 4.92. The van der Waals surface area contributed by atoms with Crippen molar-refractivity contribution in [3.63, 3.8) is 0 Å². The summed E-state index contributed by atoms with van der Waals surface area (Å²) in [6, 6.07) is 19.9. The van der Waals surface area contributed by atoms with E-state index >= 15 is 0 Å². The Labute approximate surface area is 128 Å². The maximum absolute atomic E-state index is 12.8. The molecule has 0 aromatic heterocycles. The largest absolute Gasteiger partial charge is 0.352 e. The van der Waals surface area contributed by atoms with Crippen molar-refractivity contribution in [3.05, 3.63) is 83.7 Å². The second-order valence-electron chi connectivity index (χ2n) is 5.16. The van der Waals surface area contributed by atoms with Crippen LogP contribution in [-0.4, -0.2) is 12.5 Å². The predicted molar refractivity (Wildman–Crippen MR) is 86.4 cm³/mol. The first kappa shape index (κ1) is 14.3. The molecule has 22 heavy (non-hydrogen) atoms. The van der Waals surface area contributed by atoms with E-state index in [0.29, 0.717) is 18.5 Å². The Bertz CT molecular complexity index is 791. The van der Waals surface area contributed by atoms with E-state index in [9.17, 15) is 9.18 Å². The van der Waals surface area contributed by atoms with Gasteiger partial charge in [-0.25, -0.2) is 4.39 Å². The summed E-state index contributed by atoms with van der Waals surface area (Å²) in [4.78, 5) is 12.3. The average molecular weight is 293 g/mol. The number of rotatable bonds is 4. The fourth-order valence-electron chi connectivity index (χ4n) is 2.49. The molecule has 0 aliphatic rings. The minimum atomic E-state index is -0.247. The molecule has 0 aliphatic heterocycles. The molecule has 110 valence electrons. The molecule has 3 aromatic carbocycles. The van der Waals surface area contributed by atoms with E-state index in [1.165, 1.54) is 12.1 Å². The molecule has 0 atom stereocenters. The van der Waals surface area contributed by atoms with Crippen LogP contribution in [-0.2, 0) is 6.42 Å². The second-order valence-corrected chi connectivity index (χ2v) is 5.16. The molecular formula is C19H16FNO. The van der Waals surface area contributed by atoms with Gasteiger partial charge in [0, 0.05) is 12.1 Å². The zero-order valence-corrected chi connectivity index (χ0v) is 12.1. The fourth-order valence-corrected chi connectivity index (χ4v) is 2.49. The van der Waals surface area contributed by atoms with Crippen LogP contribution in [0.4, 0.5) is 4.39 Å². The number of nitrogens with one attached hydrogen (secondary N) is 1. The van der Waals surface area contributed by atoms with Crippen molar-refractivity contribution in [2.45, 2.75) is 6.42 Å². The van der Waals surface area contributed by atoms with Gasteiger partial charge in [0.25, 0.3) is 5.91 Å². The Morgan fingerprint density at radius 1 is 0.909 bits per heavy atom. The van der Waals surface area contributed by atoms with E-state index in [1.807, 2.05) is 42.5 Å². The number of fused-ring (bicyclic) bond motifs is 1. The van der Waals surface area contributed by atoms with Crippen molar-refractivity contribution in [1.29, 1.82) is 0 Å². The Morgan fingerprint density at radius 2 is 1.64 bits per heavy atom. The standard InChI is InChI=1S/C19H16FNO/c20-16-10-8-14(9-11-16)12-13-21-19(22)18-7-3-5-15-4-1-2-6-17(15)18/h1-11H,12-13H2,(H,21,22). The van der Waals surface area contributed by atoms with E-state index in [0.717, 1.165) is 16.3 Å². The second kappa shape index (κ2) is 6.39. The van der Waals surface area contributed by atoms with E-state index < -0.39 is 0 Å². The quantitative estimate of drug-likeness (QED) is 0.775. The fraction of sp³-hybridized carbons (Fsp3) is 0.105. The number of amides is 1. The van der Waals surface area contributed by atoms with Gasteiger partial charge in [0.15, 0.2) is 0 Å². The van der Waals surface area contributed by atoms with Gasteiger partial charge in [-0.2, -0.15) is 0 Å². The summed E-state index contributed by atoms with van der Waals surface area (Å²) < 4.78 is 12.8. The molecule has 0 fully saturated rings. The highest BCUT2D eigenvalue weighted by Gasteiger charge is 2.08. The summed E-state index contributed by atoms with van der Waals surface area (Å²) in [6.07, 6.45) is 0.677. The lowest BCUT2D eigenvalue weighted by Gasteiger charge is -2.08. The molecule has 0 saturated heterocycles. The lowest BCUT2D eigenvalue weighted by Crippen LogP contribution is -2.25. The van der Waals surface area contributed by atoms with Crippen LogP contribution in [0.15, 0.2) is 66.7 Å². The smallest absolute Gasteiger partial charge is 0.251 e. The maximum atomic E-state index is 12.8. The molecule has 3 heteroatoms. The molecule has 0 heterocycles. The summed E-state index contributed by atoms with van der Waals surface area (Å²) in [5.74, 6) is -0.331. The van der Waals surface area contributed by atoms with Crippen LogP contribution in [0.3, 0.4) is 0 Å². The average Bonchev–Trinajstić information content (AvgIpc) is 2.56. The molecule has 0 aliphatic carbocycles. The summed E-state index contributed by atoms with van der Waals surface area (Å²) >= 11 is 0. The molecule has 3 rings (SSSR count). The molecule has 1 amide bonds. The number of benzene rings is 3. The topological polar surface area (TPSA) is 29.1 Å². The Morgan fingerprint density at radius 3 is 2.45 bits per heavy atom. The molecule has 0 bridgehead atoms. The van der Waals surface area contributed by atoms with Crippen molar-refractivity contribution in [2.24, 2.45) is 0 Å². The van der Waals surface area contributed by atoms with E-state index in [-0.39, 0.29) is 11.7 Å². The number of carbonyl (C=O) groups excluding carboxylic acids is 1. The number of hydrogen-bond acceptors (Lipinski definition) is 1. The van der Waals surface area contributed by atoms with Gasteiger partial charge in [0.05, 0.1) is 0 Å². The van der Waals surface area contributed by atoms with Gasteiger partial charge in [-0.05, 0) is 41.0 Å². The molecule has 1 N–H and O–H groups in total. The Hall–Kier alpha value is -2.68. The van der Waals surface area contributed by atoms with Crippen LogP contribution in [0.5, 0.6) is 0 Å². The molecule has 3 aromatic rings. The maximum Gasteiger partial charge on any atom is 0.251 e. The monoisotopic (exact) mass is 293 g/mol. The highest BCUT2D eigenvalue weighted by atomic mass is 19.1. The van der Waals surface area contributed by atoms with Crippen molar-refractivity contribution in [3.8, 4) is 0 Å². The molecule has 0 saturated carbocycles. The van der Waals surface area contributed by atoms with Gasteiger partial charge in [0.1, 0.15) is 5.82 Å². The third-order valence-electron chi connectivity index (χ3n) is 3.65. The first-order valence-electron chi connectivity index (χ1n) is 7.24. The Balaban J connectivity index is 1.67. The van der Waals surface area contributed by atoms with Crippen LogP contribution in [0.1, 0.15) is 15.9 Å². The van der Waals surface area contributed by atoms with E-state index in [2.05, 4.69) is 5.32 Å². The van der Waals surface area contributed by atoms with Crippen LogP contribution in [0.25, 0.3) is 10.8 Å². The van der Waals surface area contributed by atoms with Gasteiger partial charge in [0.2, 0.25) is 0 Å². The third kappa shape index (κ3) is 3.14. The van der Waals surface area contributed by atoms with Crippen molar-refractivity contribution in [1.82, 2.24) is 5.32 Å². The van der Waals surface area contributed by atoms with E-state index in [4.69, 9.17) is 0 Å². The molecule has 0 unspecified atom stereocenters. The van der Waals surface area contributed by atoms with Crippen molar-refractivity contribution in [2.75, 3.05) is 6.54 Å². The first-order valence-corrected chi connectivity index (χ1v) is 7.24. The lowest BCUT2D eigenvalue weighted by atomic mass is 10.0. The van der Waals surface area contributed by atoms with Crippen molar-refractivity contribution < 1.29 is 9.18 Å². The van der Waals surface area contributed by atoms with Crippen molar-refractivity contribution >= 4 is 16.7 Å². The van der Waals surface area contributed by atoms with Gasteiger partial charge in [-0.1, -0.05) is 48.5 Å². The SMILES string of the molecule is O=C(NCCc1ccc(F)cc1)c1cccc2ccccc12. The summed E-state index contributed by atoms with van der Waals surface area (Å²) in [7, 11) is 0. The minimum absolute atomic E-state index is 0.0843. The van der Waals surface area contributed by atoms with Gasteiger partial charge < -0.3 is 5.32 Å². The number of hydrogen-bond donors (Lipinski definition) is 1. The highest BCUT2D eigenvalue weighted by Crippen LogP contribution is 2.18. The highest BCUT2D eigenvalue weighted by molar-refractivity contribution is 6.06. The van der Waals surface area contributed by atoms with Gasteiger partial charge in [-0.15, -0.1) is 0 Å². The van der Waals surface area contributed by atoms with Gasteiger partial charge >= 0.3 is 0 Å². The number of carbonyl (C=O) groups is 1. The molecule has 0 radical (unpaired) electrons. The van der Waals surface area contributed by atoms with Crippen LogP contribution in [0.2, 0.25) is 0 Å². The summed E-state index contributed by atoms with van der Waals surface area (Å²) in [5.41, 5.74) is 1.68. The zero-order valence-electron chi connectivity index (χ0n) is 12.1. The number of halogens is 1. The molecule has 2 nitrogen and oxygen atoms in total. The van der Waals surface area contributed by atoms with E-state index in [1.54, 1.807) is 12.1 Å². The molecule has 0 spiro atoms. The normalized spacial score (nSPS) is 10.6. The van der Waals surface area contributed by atoms with Gasteiger partial charge in [-0.3, -0.25) is 4.79 Å². The lowest BCUT2D eigenvalue weighted by molar-refractivity contribution is 0.0956. The first-order chi connectivity index (χ1) is 10.7. The Kier molecular flexibility index (Phi) is 4.15. The summed E-state index contributed by atoms with van der Waals surface area (Å²) in [6.45, 7) is 0.522. The zero-order chi connectivity index (χ0) is 15.4. The third-order valence-corrected chi connectivity index (χ3v) is 3.65. The predicted octanol–water partition coefficient (Wildman–Crippen LogP) is 3.95. The molecular weight excluding hydrogens is 277 g/mol. The minimum Gasteiger partial charge on any atom is -0.352 e. The van der Waals surface area contributed by atoms with Crippen LogP contribution in [0, 0.1) is 5.82 Å². The van der Waals surface area contributed by atoms with Crippen LogP contribution >= 0.6 is 0 Å².